The zero-order chi connectivity index (χ0) is 24.2. The van der Waals surface area contributed by atoms with Crippen molar-refractivity contribution in [1.29, 1.82) is 0 Å². The molecule has 2 heterocycles. The summed E-state index contributed by atoms with van der Waals surface area (Å²) in [5.41, 5.74) is -6.79. The van der Waals surface area contributed by atoms with Crippen molar-refractivity contribution in [3.63, 3.8) is 0 Å². The molecule has 1 aliphatic rings. The summed E-state index contributed by atoms with van der Waals surface area (Å²) in [6.07, 6.45) is -4.76. The number of nitrogens with zero attached hydrogens (tertiary/aromatic N) is 3. The van der Waals surface area contributed by atoms with Gasteiger partial charge in [-0.25, -0.2) is 18.5 Å². The number of aromatic nitrogens is 2. The van der Waals surface area contributed by atoms with Crippen LogP contribution < -0.4 is 11.2 Å². The maximum Gasteiger partial charge on any atom is 0.431 e. The molecule has 2 aromatic rings. The monoisotopic (exact) mass is 477 g/mol. The summed E-state index contributed by atoms with van der Waals surface area (Å²) in [6.45, 7) is 2.94. The predicted octanol–water partition coefficient (Wildman–Crippen LogP) is 2.95. The second-order valence-electron chi connectivity index (χ2n) is 7.27. The Hall–Kier alpha value is -3.15. The van der Waals surface area contributed by atoms with Crippen LogP contribution in [-0.4, -0.2) is 31.5 Å². The molecule has 0 aliphatic carbocycles. The first kappa shape index (κ1) is 23.5. The number of carbonyl (C=O) groups is 1. The number of oxime groups is 1. The third-order valence-corrected chi connectivity index (χ3v) is 5.64. The Morgan fingerprint density at radius 2 is 1.94 bits per heavy atom. The van der Waals surface area contributed by atoms with Gasteiger partial charge in [0.05, 0.1) is 22.3 Å². The molecule has 172 valence electrons. The first-order valence-corrected chi connectivity index (χ1v) is 9.51. The van der Waals surface area contributed by atoms with E-state index in [-0.39, 0.29) is 37.9 Å². The van der Waals surface area contributed by atoms with Gasteiger partial charge in [-0.3, -0.25) is 9.36 Å². The van der Waals surface area contributed by atoms with E-state index in [1.54, 1.807) is 6.92 Å². The second kappa shape index (κ2) is 7.76. The molecule has 2 atom stereocenters. The molecule has 0 fully saturated rings. The maximum atomic E-state index is 14.7. The van der Waals surface area contributed by atoms with Gasteiger partial charge in [-0.1, -0.05) is 23.7 Å². The van der Waals surface area contributed by atoms with Gasteiger partial charge in [-0.15, -0.1) is 0 Å². The topological polar surface area (TPSA) is 103 Å². The zero-order valence-electron chi connectivity index (χ0n) is 16.8. The number of hydrogen-bond acceptors (Lipinski definition) is 5. The Morgan fingerprint density at radius 3 is 2.47 bits per heavy atom. The van der Waals surface area contributed by atoms with Crippen molar-refractivity contribution in [2.75, 3.05) is 0 Å². The van der Waals surface area contributed by atoms with E-state index in [2.05, 4.69) is 5.16 Å². The lowest BCUT2D eigenvalue weighted by Gasteiger charge is -2.24. The van der Waals surface area contributed by atoms with Crippen LogP contribution in [0.5, 0.6) is 0 Å². The summed E-state index contributed by atoms with van der Waals surface area (Å²) in [5, 5.41) is 13.1. The van der Waals surface area contributed by atoms with Crippen LogP contribution in [0.25, 0.3) is 5.69 Å². The first-order chi connectivity index (χ1) is 14.7. The number of halogens is 5. The molecule has 1 aromatic carbocycles. The largest absolute Gasteiger partial charge is 0.478 e. The fraction of sp³-hybridized carbons (Fsp3) is 0.368. The summed E-state index contributed by atoms with van der Waals surface area (Å²) in [4.78, 5) is 41.7. The molecule has 8 nitrogen and oxygen atoms in total. The summed E-state index contributed by atoms with van der Waals surface area (Å²) in [5.74, 6) is -3.30. The number of carboxylic acids is 1. The van der Waals surface area contributed by atoms with E-state index in [1.165, 1.54) is 6.92 Å². The van der Waals surface area contributed by atoms with Gasteiger partial charge in [0.15, 0.2) is 0 Å². The van der Waals surface area contributed by atoms with Crippen LogP contribution >= 0.6 is 11.6 Å². The van der Waals surface area contributed by atoms with Crippen LogP contribution in [0.2, 0.25) is 5.02 Å². The number of alkyl halides is 3. The molecule has 0 amide bonds. The lowest BCUT2D eigenvalue weighted by molar-refractivity contribution is -0.164. The van der Waals surface area contributed by atoms with E-state index in [9.17, 15) is 37.1 Å². The van der Waals surface area contributed by atoms with E-state index < -0.39 is 52.1 Å². The van der Waals surface area contributed by atoms with Crippen molar-refractivity contribution in [3.05, 3.63) is 61.1 Å². The maximum absolute atomic E-state index is 14.7. The van der Waals surface area contributed by atoms with Gasteiger partial charge in [0.2, 0.25) is 5.60 Å². The van der Waals surface area contributed by atoms with Crippen molar-refractivity contribution in [3.8, 4) is 5.69 Å². The van der Waals surface area contributed by atoms with Crippen molar-refractivity contribution in [2.45, 2.75) is 32.0 Å². The Labute approximate surface area is 182 Å². The van der Waals surface area contributed by atoms with Crippen LogP contribution in [0.15, 0.2) is 32.9 Å². The highest BCUT2D eigenvalue weighted by atomic mass is 35.5. The molecule has 1 aromatic heterocycles. The quantitative estimate of drug-likeness (QED) is 0.682. The van der Waals surface area contributed by atoms with Crippen molar-refractivity contribution < 1.29 is 32.3 Å². The third kappa shape index (κ3) is 3.57. The third-order valence-electron chi connectivity index (χ3n) is 5.33. The zero-order valence-corrected chi connectivity index (χ0v) is 17.6. The Bertz CT molecular complexity index is 1270. The Kier molecular flexibility index (Phi) is 5.71. The van der Waals surface area contributed by atoms with Gasteiger partial charge in [-0.05, 0) is 25.5 Å². The lowest BCUT2D eigenvalue weighted by Crippen LogP contribution is -2.43. The molecule has 0 spiro atoms. The van der Waals surface area contributed by atoms with Gasteiger partial charge >= 0.3 is 17.8 Å². The van der Waals surface area contributed by atoms with Crippen LogP contribution in [0.1, 0.15) is 31.5 Å². The molecule has 2 unspecified atom stereocenters. The van der Waals surface area contributed by atoms with E-state index in [0.29, 0.717) is 0 Å². The van der Waals surface area contributed by atoms with E-state index in [0.717, 1.165) is 19.2 Å². The molecule has 0 bridgehead atoms. The number of carboxylic acid groups (broad SMARTS) is 1. The van der Waals surface area contributed by atoms with Gasteiger partial charge < -0.3 is 9.94 Å². The van der Waals surface area contributed by atoms with Crippen LogP contribution in [0.3, 0.4) is 0 Å². The molecule has 32 heavy (non-hydrogen) atoms. The molecule has 13 heteroatoms. The minimum absolute atomic E-state index is 0.0282. The van der Waals surface area contributed by atoms with E-state index in [4.69, 9.17) is 16.4 Å². The van der Waals surface area contributed by atoms with Crippen LogP contribution in [0, 0.1) is 11.7 Å². The molecular weight excluding hydrogens is 462 g/mol. The summed E-state index contributed by atoms with van der Waals surface area (Å²) in [6, 6.07) is 1.87. The summed E-state index contributed by atoms with van der Waals surface area (Å²) in [7, 11) is 0.788. The van der Waals surface area contributed by atoms with Crippen LogP contribution in [0.4, 0.5) is 17.6 Å². The normalized spacial score (nSPS) is 20.8. The molecule has 3 rings (SSSR count). The average molecular weight is 478 g/mol. The molecule has 0 saturated carbocycles. The van der Waals surface area contributed by atoms with Gasteiger partial charge in [0.25, 0.3) is 5.56 Å². The first-order valence-electron chi connectivity index (χ1n) is 9.13. The van der Waals surface area contributed by atoms with Gasteiger partial charge in [0.1, 0.15) is 11.5 Å². The molecule has 0 saturated heterocycles. The number of hydrogen-bond donors (Lipinski definition) is 1. The predicted molar refractivity (Wildman–Crippen MR) is 105 cm³/mol. The highest BCUT2D eigenvalue weighted by molar-refractivity contribution is 6.34. The second-order valence-corrected chi connectivity index (χ2v) is 7.67. The SMILES string of the molecule is CCC1C(c2cc(-n3c(=O)cc(C(F)(F)F)n(C)c3=O)c(F)cc2Cl)=NOC1(C)C(=O)O. The fourth-order valence-electron chi connectivity index (χ4n) is 3.56. The molecular formula is C19H16ClF4N3O5. The lowest BCUT2D eigenvalue weighted by atomic mass is 9.81. The molecule has 1 aliphatic heterocycles. The van der Waals surface area contributed by atoms with Crippen molar-refractivity contribution in [2.24, 2.45) is 18.1 Å². The van der Waals surface area contributed by atoms with E-state index >= 15 is 0 Å². The molecule has 1 N–H and O–H groups in total. The molecule has 0 radical (unpaired) electrons. The van der Waals surface area contributed by atoms with E-state index in [1.807, 2.05) is 0 Å². The smallest absolute Gasteiger partial charge is 0.431 e. The number of benzene rings is 1. The van der Waals surface area contributed by atoms with Crippen LogP contribution in [-0.2, 0) is 22.9 Å². The summed E-state index contributed by atoms with van der Waals surface area (Å²) >= 11 is 6.12. The number of rotatable bonds is 4. The highest BCUT2D eigenvalue weighted by Gasteiger charge is 2.51. The standard InChI is InChI=1S/C19H16ClF4N3O5/c1-4-9-15(25-32-18(9,2)16(29)30)8-5-12(11(21)6-10(8)20)27-14(28)7-13(19(22,23)24)26(3)17(27)31/h5-7,9H,4H2,1-3H3,(H,29,30). The Balaban J connectivity index is 2.25. The highest BCUT2D eigenvalue weighted by Crippen LogP contribution is 2.38. The average Bonchev–Trinajstić information content (AvgIpc) is 3.03. The van der Waals surface area contributed by atoms with Gasteiger partial charge in [-0.2, -0.15) is 13.2 Å². The van der Waals surface area contributed by atoms with Crippen molar-refractivity contribution >= 4 is 23.3 Å². The Morgan fingerprint density at radius 1 is 1.31 bits per heavy atom. The number of aliphatic carboxylic acids is 1. The van der Waals surface area contributed by atoms with Crippen molar-refractivity contribution in [1.82, 2.24) is 9.13 Å². The fourth-order valence-corrected chi connectivity index (χ4v) is 3.81. The minimum atomic E-state index is -4.98. The van der Waals surface area contributed by atoms with Gasteiger partial charge in [0, 0.05) is 18.7 Å². The minimum Gasteiger partial charge on any atom is -0.478 e. The summed E-state index contributed by atoms with van der Waals surface area (Å²) < 4.78 is 54.4.